The van der Waals surface area contributed by atoms with Crippen LogP contribution < -0.4 is 16.6 Å². The van der Waals surface area contributed by atoms with Crippen molar-refractivity contribution in [1.29, 1.82) is 0 Å². The minimum atomic E-state index is -0.316. The maximum Gasteiger partial charge on any atom is 0.257 e. The van der Waals surface area contributed by atoms with Crippen LogP contribution in [-0.2, 0) is 0 Å². The number of nitrogens with zero attached hydrogens (tertiary/aromatic N) is 5. The molecule has 0 fully saturated rings. The quantitative estimate of drug-likeness (QED) is 0.424. The van der Waals surface area contributed by atoms with Gasteiger partial charge in [-0.05, 0) is 25.8 Å². The van der Waals surface area contributed by atoms with Gasteiger partial charge >= 0.3 is 0 Å². The Balaban J connectivity index is 2.33. The number of rotatable bonds is 7. The summed E-state index contributed by atoms with van der Waals surface area (Å²) in [6.45, 7) is 4.10. The first-order valence-corrected chi connectivity index (χ1v) is 6.72. The molecule has 0 radical (unpaired) electrons. The second-order valence-corrected chi connectivity index (χ2v) is 4.89. The lowest BCUT2D eigenvalue weighted by atomic mass is 9.95. The Morgan fingerprint density at radius 2 is 2.10 bits per heavy atom. The number of hydrogen-bond acceptors (Lipinski definition) is 8. The average Bonchev–Trinajstić information content (AvgIpc) is 3.01. The predicted molar refractivity (Wildman–Crippen MR) is 78.8 cm³/mol. The van der Waals surface area contributed by atoms with Gasteiger partial charge in [0.2, 0.25) is 11.9 Å². The van der Waals surface area contributed by atoms with Crippen LogP contribution in [0.25, 0.3) is 5.95 Å². The van der Waals surface area contributed by atoms with E-state index in [4.69, 9.17) is 5.84 Å². The molecule has 0 spiro atoms. The van der Waals surface area contributed by atoms with Gasteiger partial charge in [0.25, 0.3) is 5.95 Å². The van der Waals surface area contributed by atoms with Gasteiger partial charge in [0, 0.05) is 24.5 Å². The van der Waals surface area contributed by atoms with Gasteiger partial charge in [0.15, 0.2) is 0 Å². The molecule has 114 valence electrons. The summed E-state index contributed by atoms with van der Waals surface area (Å²) in [4.78, 5) is 12.7. The van der Waals surface area contributed by atoms with Crippen LogP contribution in [-0.4, -0.2) is 42.0 Å². The van der Waals surface area contributed by atoms with Gasteiger partial charge in [-0.3, -0.25) is 5.43 Å². The van der Waals surface area contributed by atoms with Crippen LogP contribution in [0.3, 0.4) is 0 Å². The lowest BCUT2D eigenvalue weighted by molar-refractivity contribution is 0.251. The lowest BCUT2D eigenvalue weighted by Crippen LogP contribution is -2.36. The van der Waals surface area contributed by atoms with Crippen molar-refractivity contribution in [2.24, 2.45) is 5.84 Å². The molecule has 2 aromatic heterocycles. The van der Waals surface area contributed by atoms with E-state index in [9.17, 15) is 5.11 Å². The number of hydrazine groups is 1. The molecule has 0 amide bonds. The maximum absolute atomic E-state index is 9.18. The number of aliphatic hydroxyl groups is 1. The molecule has 1 atom stereocenters. The molecule has 0 aliphatic rings. The third-order valence-electron chi connectivity index (χ3n) is 3.32. The van der Waals surface area contributed by atoms with E-state index in [1.54, 1.807) is 18.5 Å². The largest absolute Gasteiger partial charge is 0.396 e. The number of aliphatic hydroxyl groups excluding tert-OH is 1. The number of aromatic nitrogens is 5. The van der Waals surface area contributed by atoms with Crippen molar-refractivity contribution in [1.82, 2.24) is 24.7 Å². The minimum absolute atomic E-state index is 0.0798. The molecule has 21 heavy (non-hydrogen) atoms. The second kappa shape index (κ2) is 6.46. The first-order valence-electron chi connectivity index (χ1n) is 6.72. The Morgan fingerprint density at radius 1 is 1.33 bits per heavy atom. The molecule has 2 rings (SSSR count). The van der Waals surface area contributed by atoms with E-state index in [0.29, 0.717) is 18.3 Å². The molecule has 9 heteroatoms. The molecule has 2 heterocycles. The van der Waals surface area contributed by atoms with Gasteiger partial charge < -0.3 is 10.4 Å². The van der Waals surface area contributed by atoms with Crippen LogP contribution in [0.4, 0.5) is 11.9 Å². The Hall–Kier alpha value is -2.26. The van der Waals surface area contributed by atoms with Crippen LogP contribution in [0.5, 0.6) is 0 Å². The number of nitrogens with one attached hydrogen (secondary N) is 2. The zero-order chi connectivity index (χ0) is 15.3. The molecular formula is C12H20N8O. The van der Waals surface area contributed by atoms with E-state index < -0.39 is 0 Å². The van der Waals surface area contributed by atoms with E-state index in [-0.39, 0.29) is 18.1 Å². The summed E-state index contributed by atoms with van der Waals surface area (Å²) < 4.78 is 1.52. The lowest BCUT2D eigenvalue weighted by Gasteiger charge is -2.29. The SMILES string of the molecule is CCC(C)(CCO)Nc1nc(NN)nc(-n2cccn2)n1. The zero-order valence-corrected chi connectivity index (χ0v) is 12.1. The van der Waals surface area contributed by atoms with Crippen molar-refractivity contribution in [3.63, 3.8) is 0 Å². The highest BCUT2D eigenvalue weighted by Gasteiger charge is 2.23. The van der Waals surface area contributed by atoms with E-state index in [1.165, 1.54) is 4.68 Å². The van der Waals surface area contributed by atoms with Gasteiger partial charge in [-0.1, -0.05) is 6.92 Å². The molecule has 1 unspecified atom stereocenters. The Bertz CT molecular complexity index is 573. The first kappa shape index (κ1) is 15.1. The normalized spacial score (nSPS) is 13.7. The van der Waals surface area contributed by atoms with E-state index >= 15 is 0 Å². The highest BCUT2D eigenvalue weighted by molar-refractivity contribution is 5.38. The van der Waals surface area contributed by atoms with Gasteiger partial charge in [-0.2, -0.15) is 20.1 Å². The van der Waals surface area contributed by atoms with Crippen LogP contribution in [0.15, 0.2) is 18.5 Å². The van der Waals surface area contributed by atoms with Crippen LogP contribution in [0, 0.1) is 0 Å². The molecule has 0 saturated heterocycles. The summed E-state index contributed by atoms with van der Waals surface area (Å²) in [7, 11) is 0. The molecule has 2 aromatic rings. The van der Waals surface area contributed by atoms with Gasteiger partial charge in [0.1, 0.15) is 0 Å². The van der Waals surface area contributed by atoms with Crippen molar-refractivity contribution in [2.75, 3.05) is 17.3 Å². The zero-order valence-electron chi connectivity index (χ0n) is 12.1. The summed E-state index contributed by atoms with van der Waals surface area (Å²) >= 11 is 0. The topological polar surface area (TPSA) is 127 Å². The molecule has 0 bridgehead atoms. The number of nitrogens with two attached hydrogens (primary N) is 1. The van der Waals surface area contributed by atoms with Crippen LogP contribution in [0.1, 0.15) is 26.7 Å². The molecular weight excluding hydrogens is 272 g/mol. The van der Waals surface area contributed by atoms with E-state index in [1.807, 2.05) is 13.8 Å². The van der Waals surface area contributed by atoms with Crippen molar-refractivity contribution in [3.05, 3.63) is 18.5 Å². The summed E-state index contributed by atoms with van der Waals surface area (Å²) in [6, 6.07) is 1.77. The van der Waals surface area contributed by atoms with E-state index in [0.717, 1.165) is 6.42 Å². The minimum Gasteiger partial charge on any atom is -0.396 e. The van der Waals surface area contributed by atoms with Crippen molar-refractivity contribution >= 4 is 11.9 Å². The molecule has 0 aromatic carbocycles. The second-order valence-electron chi connectivity index (χ2n) is 4.89. The summed E-state index contributed by atoms with van der Waals surface area (Å²) in [5, 5.41) is 16.5. The molecule has 0 aliphatic carbocycles. The smallest absolute Gasteiger partial charge is 0.257 e. The summed E-state index contributed by atoms with van der Waals surface area (Å²) in [6.07, 6.45) is 4.75. The van der Waals surface area contributed by atoms with Crippen molar-refractivity contribution in [2.45, 2.75) is 32.2 Å². The third-order valence-corrected chi connectivity index (χ3v) is 3.32. The average molecular weight is 292 g/mol. The van der Waals surface area contributed by atoms with Crippen molar-refractivity contribution in [3.8, 4) is 5.95 Å². The fourth-order valence-electron chi connectivity index (χ4n) is 1.82. The van der Waals surface area contributed by atoms with Gasteiger partial charge in [-0.25, -0.2) is 10.5 Å². The molecule has 9 nitrogen and oxygen atoms in total. The number of anilines is 2. The number of nitrogen functional groups attached to an aromatic ring is 1. The molecule has 5 N–H and O–H groups in total. The summed E-state index contributed by atoms with van der Waals surface area (Å²) in [5.41, 5.74) is 2.10. The standard InChI is InChI=1S/C12H20N8O/c1-3-12(2,5-8-21)18-9-15-10(19-13)17-11(16-9)20-7-4-6-14-20/h4,6-7,21H,3,5,8,13H2,1-2H3,(H2,15,16,17,18,19). The Labute approximate surface area is 122 Å². The Kier molecular flexibility index (Phi) is 4.66. The monoisotopic (exact) mass is 292 g/mol. The predicted octanol–water partition coefficient (Wildman–Crippen LogP) is 0.306. The fourth-order valence-corrected chi connectivity index (χ4v) is 1.82. The Morgan fingerprint density at radius 3 is 2.67 bits per heavy atom. The van der Waals surface area contributed by atoms with Crippen LogP contribution in [0.2, 0.25) is 0 Å². The van der Waals surface area contributed by atoms with Crippen LogP contribution >= 0.6 is 0 Å². The number of hydrogen-bond donors (Lipinski definition) is 4. The highest BCUT2D eigenvalue weighted by atomic mass is 16.3. The highest BCUT2D eigenvalue weighted by Crippen LogP contribution is 2.20. The maximum atomic E-state index is 9.18. The fraction of sp³-hybridized carbons (Fsp3) is 0.500. The molecule has 0 saturated carbocycles. The van der Waals surface area contributed by atoms with Gasteiger partial charge in [-0.15, -0.1) is 0 Å². The van der Waals surface area contributed by atoms with Crippen molar-refractivity contribution < 1.29 is 5.11 Å². The van der Waals surface area contributed by atoms with E-state index in [2.05, 4.69) is 30.8 Å². The summed E-state index contributed by atoms with van der Waals surface area (Å²) in [5.74, 6) is 6.36. The van der Waals surface area contributed by atoms with Gasteiger partial charge in [0.05, 0.1) is 0 Å². The first-order chi connectivity index (χ1) is 10.1. The third kappa shape index (κ3) is 3.64. The molecule has 0 aliphatic heterocycles.